The number of ether oxygens (including phenoxy) is 3. The summed E-state index contributed by atoms with van der Waals surface area (Å²) in [5.74, 6) is 2.33. The zero-order chi connectivity index (χ0) is 16.9. The van der Waals surface area contributed by atoms with Crippen molar-refractivity contribution < 1.29 is 18.6 Å². The molecule has 0 N–H and O–H groups in total. The summed E-state index contributed by atoms with van der Waals surface area (Å²) < 4.78 is 21.7. The summed E-state index contributed by atoms with van der Waals surface area (Å²) in [5, 5.41) is 8.64. The molecule has 0 aliphatic carbocycles. The van der Waals surface area contributed by atoms with Crippen LogP contribution in [-0.2, 0) is 4.74 Å². The minimum Gasteiger partial charge on any atom is -0.493 e. The highest BCUT2D eigenvalue weighted by molar-refractivity contribution is 6.32. The number of hydrogen-bond acceptors (Lipinski definition) is 6. The normalized spacial score (nSPS) is 18.0. The molecule has 7 heteroatoms. The van der Waals surface area contributed by atoms with E-state index in [9.17, 15) is 0 Å². The first-order chi connectivity index (χ1) is 11.7. The fourth-order valence-corrected chi connectivity index (χ4v) is 2.91. The van der Waals surface area contributed by atoms with Crippen LogP contribution in [0.3, 0.4) is 0 Å². The van der Waals surface area contributed by atoms with Crippen molar-refractivity contribution in [2.45, 2.75) is 18.8 Å². The highest BCUT2D eigenvalue weighted by atomic mass is 35.5. The molecule has 24 heavy (non-hydrogen) atoms. The Morgan fingerprint density at radius 1 is 1.21 bits per heavy atom. The molecule has 3 rings (SSSR count). The van der Waals surface area contributed by atoms with E-state index in [-0.39, 0.29) is 5.92 Å². The van der Waals surface area contributed by atoms with Gasteiger partial charge in [-0.1, -0.05) is 11.6 Å². The molecule has 0 amide bonds. The molecule has 1 unspecified atom stereocenters. The summed E-state index contributed by atoms with van der Waals surface area (Å²) in [6.45, 7) is 1.44. The Kier molecular flexibility index (Phi) is 5.37. The molecule has 6 nitrogen and oxygen atoms in total. The van der Waals surface area contributed by atoms with Gasteiger partial charge in [-0.2, -0.15) is 0 Å². The predicted octanol–water partition coefficient (Wildman–Crippen LogP) is 3.80. The third-order valence-electron chi connectivity index (χ3n) is 3.84. The van der Waals surface area contributed by atoms with Gasteiger partial charge in [-0.25, -0.2) is 0 Å². The molecule has 0 bridgehead atoms. The van der Waals surface area contributed by atoms with Gasteiger partial charge in [0, 0.05) is 12.7 Å². The van der Waals surface area contributed by atoms with E-state index in [4.69, 9.17) is 30.2 Å². The van der Waals surface area contributed by atoms with Crippen LogP contribution in [0.15, 0.2) is 16.5 Å². The highest BCUT2D eigenvalue weighted by Gasteiger charge is 2.21. The molecule has 0 radical (unpaired) electrons. The molecule has 2 heterocycles. The first-order valence-corrected chi connectivity index (χ1v) is 8.10. The summed E-state index contributed by atoms with van der Waals surface area (Å²) in [6, 6.07) is 3.61. The lowest BCUT2D eigenvalue weighted by Gasteiger charge is -2.18. The van der Waals surface area contributed by atoms with Gasteiger partial charge in [0.1, 0.15) is 0 Å². The average molecular weight is 351 g/mol. The lowest BCUT2D eigenvalue weighted by Crippen LogP contribution is -2.15. The minimum absolute atomic E-state index is 0.184. The van der Waals surface area contributed by atoms with E-state index in [1.807, 2.05) is 12.1 Å². The molecule has 1 aromatic carbocycles. The van der Waals surface area contributed by atoms with Crippen LogP contribution in [0.4, 0.5) is 0 Å². The van der Waals surface area contributed by atoms with Gasteiger partial charge in [0.05, 0.1) is 31.8 Å². The Labute approximate surface area is 145 Å². The second-order valence-corrected chi connectivity index (χ2v) is 5.87. The van der Waals surface area contributed by atoms with Crippen molar-refractivity contribution in [3.63, 3.8) is 0 Å². The molecule has 2 aromatic rings. The highest BCUT2D eigenvalue weighted by Crippen LogP contribution is 2.36. The van der Waals surface area contributed by atoms with Gasteiger partial charge in [-0.05, 0) is 36.6 Å². The third-order valence-corrected chi connectivity index (χ3v) is 4.12. The predicted molar refractivity (Wildman–Crippen MR) is 90.6 cm³/mol. The van der Waals surface area contributed by atoms with E-state index in [2.05, 4.69) is 10.2 Å². The van der Waals surface area contributed by atoms with Crippen molar-refractivity contribution in [1.82, 2.24) is 10.2 Å². The van der Waals surface area contributed by atoms with Crippen molar-refractivity contribution >= 4 is 23.8 Å². The lowest BCUT2D eigenvalue weighted by molar-refractivity contribution is 0.0724. The van der Waals surface area contributed by atoms with Crippen LogP contribution in [0.2, 0.25) is 5.02 Å². The Morgan fingerprint density at radius 3 is 2.79 bits per heavy atom. The number of halogens is 1. The number of benzene rings is 1. The molecule has 0 saturated carbocycles. The fourth-order valence-electron chi connectivity index (χ4n) is 2.62. The molecule has 1 aliphatic rings. The Hall–Kier alpha value is -2.05. The fraction of sp³-hybridized carbons (Fsp3) is 0.412. The molecule has 1 aliphatic heterocycles. The Balaban J connectivity index is 1.76. The molecule has 1 saturated heterocycles. The molecule has 128 valence electrons. The summed E-state index contributed by atoms with van der Waals surface area (Å²) in [4.78, 5) is 0. The maximum absolute atomic E-state index is 6.20. The van der Waals surface area contributed by atoms with E-state index in [0.717, 1.165) is 25.0 Å². The van der Waals surface area contributed by atoms with E-state index in [1.54, 1.807) is 26.4 Å². The zero-order valence-electron chi connectivity index (χ0n) is 13.6. The van der Waals surface area contributed by atoms with Crippen LogP contribution >= 0.6 is 11.6 Å². The van der Waals surface area contributed by atoms with E-state index >= 15 is 0 Å². The van der Waals surface area contributed by atoms with Crippen LogP contribution < -0.4 is 9.47 Å². The van der Waals surface area contributed by atoms with Gasteiger partial charge in [-0.15, -0.1) is 10.2 Å². The topological polar surface area (TPSA) is 66.6 Å². The second kappa shape index (κ2) is 7.68. The summed E-state index contributed by atoms with van der Waals surface area (Å²) in [5.41, 5.74) is 0.846. The van der Waals surface area contributed by atoms with Crippen LogP contribution in [0.1, 0.15) is 36.1 Å². The van der Waals surface area contributed by atoms with Gasteiger partial charge >= 0.3 is 0 Å². The standard InChI is InChI=1S/C17H19ClN2O4/c1-21-14-9-11(8-13(18)16(14)22-2)5-6-15-19-20-17(24-15)12-4-3-7-23-10-12/h5-6,8-9,12H,3-4,7,10H2,1-2H3/b6-5+. The van der Waals surface area contributed by atoms with Crippen molar-refractivity contribution in [3.05, 3.63) is 34.5 Å². The van der Waals surface area contributed by atoms with Gasteiger partial charge in [0.15, 0.2) is 11.5 Å². The SMILES string of the molecule is COc1cc(/C=C/c2nnc(C3CCCOC3)o2)cc(Cl)c1OC. The second-order valence-electron chi connectivity index (χ2n) is 5.46. The van der Waals surface area contributed by atoms with E-state index in [1.165, 1.54) is 0 Å². The molecule has 0 spiro atoms. The Morgan fingerprint density at radius 2 is 2.08 bits per heavy atom. The lowest BCUT2D eigenvalue weighted by atomic mass is 10.0. The van der Waals surface area contributed by atoms with Crippen molar-refractivity contribution in [2.24, 2.45) is 0 Å². The van der Waals surface area contributed by atoms with Crippen LogP contribution in [0, 0.1) is 0 Å². The quantitative estimate of drug-likeness (QED) is 0.817. The molecule has 1 fully saturated rings. The van der Waals surface area contributed by atoms with Gasteiger partial charge in [0.25, 0.3) is 0 Å². The van der Waals surface area contributed by atoms with Gasteiger partial charge in [-0.3, -0.25) is 0 Å². The summed E-state index contributed by atoms with van der Waals surface area (Å²) in [7, 11) is 3.12. The number of nitrogens with zero attached hydrogens (tertiary/aromatic N) is 2. The van der Waals surface area contributed by atoms with Crippen molar-refractivity contribution in [2.75, 3.05) is 27.4 Å². The van der Waals surface area contributed by atoms with Crippen LogP contribution in [-0.4, -0.2) is 37.6 Å². The van der Waals surface area contributed by atoms with Crippen molar-refractivity contribution in [1.29, 1.82) is 0 Å². The minimum atomic E-state index is 0.184. The summed E-state index contributed by atoms with van der Waals surface area (Å²) >= 11 is 6.20. The van der Waals surface area contributed by atoms with Gasteiger partial charge < -0.3 is 18.6 Å². The smallest absolute Gasteiger partial charge is 0.240 e. The first kappa shape index (κ1) is 16.8. The largest absolute Gasteiger partial charge is 0.493 e. The summed E-state index contributed by atoms with van der Waals surface area (Å²) in [6.07, 6.45) is 5.61. The number of methoxy groups -OCH3 is 2. The van der Waals surface area contributed by atoms with Gasteiger partial charge in [0.2, 0.25) is 11.8 Å². The Bertz CT molecular complexity index is 723. The number of rotatable bonds is 5. The third kappa shape index (κ3) is 3.71. The van der Waals surface area contributed by atoms with Crippen molar-refractivity contribution in [3.8, 4) is 11.5 Å². The maximum atomic E-state index is 6.20. The first-order valence-electron chi connectivity index (χ1n) is 7.72. The van der Waals surface area contributed by atoms with Crippen LogP contribution in [0.5, 0.6) is 11.5 Å². The van der Waals surface area contributed by atoms with Crippen LogP contribution in [0.25, 0.3) is 12.2 Å². The molecule has 1 aromatic heterocycles. The molecule has 1 atom stereocenters. The number of aromatic nitrogens is 2. The average Bonchev–Trinajstić information content (AvgIpc) is 3.09. The molecular weight excluding hydrogens is 332 g/mol. The number of hydrogen-bond donors (Lipinski definition) is 0. The maximum Gasteiger partial charge on any atom is 0.240 e. The molecular formula is C17H19ClN2O4. The zero-order valence-corrected chi connectivity index (χ0v) is 14.4. The van der Waals surface area contributed by atoms with E-state index in [0.29, 0.717) is 34.9 Å². The monoisotopic (exact) mass is 350 g/mol. The van der Waals surface area contributed by atoms with E-state index < -0.39 is 0 Å².